The minimum Gasteiger partial charge on any atom is -0.395 e. The zero-order chi connectivity index (χ0) is 14.3. The topological polar surface area (TPSA) is 35.5 Å². The van der Waals surface area contributed by atoms with Crippen molar-refractivity contribution in [3.05, 3.63) is 35.9 Å². The summed E-state index contributed by atoms with van der Waals surface area (Å²) in [5.41, 5.74) is 1.41. The molecule has 3 heteroatoms. The zero-order valence-electron chi connectivity index (χ0n) is 12.7. The summed E-state index contributed by atoms with van der Waals surface area (Å²) < 4.78 is 0. The third kappa shape index (κ3) is 4.60. The Hall–Kier alpha value is -0.900. The first-order chi connectivity index (χ1) is 9.05. The minimum atomic E-state index is 0.0985. The molecule has 2 N–H and O–H groups in total. The average molecular weight is 264 g/mol. The van der Waals surface area contributed by atoms with Crippen LogP contribution in [0.1, 0.15) is 32.4 Å². The Morgan fingerprint density at radius 1 is 1.26 bits per heavy atom. The molecule has 0 saturated heterocycles. The van der Waals surface area contributed by atoms with Crippen molar-refractivity contribution >= 4 is 0 Å². The second-order valence-corrected chi connectivity index (χ2v) is 5.71. The molecule has 1 aromatic carbocycles. The first-order valence-electron chi connectivity index (χ1n) is 7.10. The van der Waals surface area contributed by atoms with Gasteiger partial charge in [-0.15, -0.1) is 0 Å². The molecule has 0 amide bonds. The highest BCUT2D eigenvalue weighted by atomic mass is 16.3. The molecule has 19 heavy (non-hydrogen) atoms. The van der Waals surface area contributed by atoms with Gasteiger partial charge in [0.05, 0.1) is 6.61 Å². The number of rotatable bonds is 8. The Morgan fingerprint density at radius 3 is 2.37 bits per heavy atom. The lowest BCUT2D eigenvalue weighted by Gasteiger charge is -2.38. The zero-order valence-corrected chi connectivity index (χ0v) is 12.7. The van der Waals surface area contributed by atoms with Crippen molar-refractivity contribution in [1.82, 2.24) is 10.2 Å². The van der Waals surface area contributed by atoms with Gasteiger partial charge in [-0.05, 0) is 24.6 Å². The van der Waals surface area contributed by atoms with Gasteiger partial charge in [0.15, 0.2) is 0 Å². The summed E-state index contributed by atoms with van der Waals surface area (Å²) in [5, 5.41) is 12.6. The summed E-state index contributed by atoms with van der Waals surface area (Å²) in [7, 11) is 2.02. The Balaban J connectivity index is 2.83. The van der Waals surface area contributed by atoms with E-state index in [0.717, 1.165) is 19.6 Å². The van der Waals surface area contributed by atoms with Crippen LogP contribution >= 0.6 is 0 Å². The lowest BCUT2D eigenvalue weighted by atomic mass is 9.80. The first kappa shape index (κ1) is 16.2. The number of nitrogens with one attached hydrogen (secondary N) is 1. The van der Waals surface area contributed by atoms with Crippen LogP contribution in [0.2, 0.25) is 0 Å². The predicted octanol–water partition coefficient (Wildman–Crippen LogP) is 2.29. The third-order valence-corrected chi connectivity index (χ3v) is 3.70. The van der Waals surface area contributed by atoms with Crippen LogP contribution in [0.15, 0.2) is 30.3 Å². The van der Waals surface area contributed by atoms with Crippen LogP contribution in [0.3, 0.4) is 0 Å². The van der Waals surface area contributed by atoms with Crippen LogP contribution in [0, 0.1) is 5.41 Å². The van der Waals surface area contributed by atoms with Crippen LogP contribution in [-0.2, 0) is 0 Å². The highest BCUT2D eigenvalue weighted by Gasteiger charge is 2.31. The number of hydrogen-bond acceptors (Lipinski definition) is 3. The van der Waals surface area contributed by atoms with Gasteiger partial charge in [0.1, 0.15) is 0 Å². The number of aliphatic hydroxyl groups excluding tert-OH is 1. The second-order valence-electron chi connectivity index (χ2n) is 5.71. The fourth-order valence-electron chi connectivity index (χ4n) is 2.81. The summed E-state index contributed by atoms with van der Waals surface area (Å²) in [6.45, 7) is 9.59. The van der Waals surface area contributed by atoms with Crippen molar-refractivity contribution in [2.24, 2.45) is 5.41 Å². The van der Waals surface area contributed by atoms with Gasteiger partial charge in [-0.3, -0.25) is 0 Å². The first-order valence-corrected chi connectivity index (χ1v) is 7.10. The van der Waals surface area contributed by atoms with Crippen molar-refractivity contribution in [2.75, 3.05) is 33.3 Å². The molecule has 1 aromatic rings. The Labute approximate surface area is 117 Å². The molecule has 0 saturated carbocycles. The maximum Gasteiger partial charge on any atom is 0.0558 e. The summed E-state index contributed by atoms with van der Waals surface area (Å²) in [6, 6.07) is 10.9. The quantitative estimate of drug-likeness (QED) is 0.756. The molecule has 1 rings (SSSR count). The molecule has 0 heterocycles. The Kier molecular flexibility index (Phi) is 6.49. The summed E-state index contributed by atoms with van der Waals surface area (Å²) in [6.07, 6.45) is 0. The molecule has 3 nitrogen and oxygen atoms in total. The van der Waals surface area contributed by atoms with Crippen LogP contribution in [0.4, 0.5) is 0 Å². The molecule has 108 valence electrons. The van der Waals surface area contributed by atoms with E-state index in [-0.39, 0.29) is 12.0 Å². The van der Waals surface area contributed by atoms with E-state index in [9.17, 15) is 0 Å². The van der Waals surface area contributed by atoms with E-state index in [2.05, 4.69) is 55.3 Å². The third-order valence-electron chi connectivity index (χ3n) is 3.70. The maximum absolute atomic E-state index is 9.12. The van der Waals surface area contributed by atoms with Crippen LogP contribution in [-0.4, -0.2) is 43.3 Å². The average Bonchev–Trinajstić information content (AvgIpc) is 2.39. The minimum absolute atomic E-state index is 0.0985. The number of hydrogen-bond donors (Lipinski definition) is 2. The van der Waals surface area contributed by atoms with Gasteiger partial charge in [0.2, 0.25) is 0 Å². The van der Waals surface area contributed by atoms with Gasteiger partial charge in [-0.1, -0.05) is 51.1 Å². The van der Waals surface area contributed by atoms with Crippen LogP contribution in [0.25, 0.3) is 0 Å². The van der Waals surface area contributed by atoms with Crippen molar-refractivity contribution in [2.45, 2.75) is 26.8 Å². The fourth-order valence-corrected chi connectivity index (χ4v) is 2.81. The Bertz CT molecular complexity index is 351. The van der Waals surface area contributed by atoms with E-state index < -0.39 is 0 Å². The molecule has 0 bridgehead atoms. The maximum atomic E-state index is 9.12. The molecule has 0 aliphatic heterocycles. The molecule has 0 aliphatic rings. The molecular weight excluding hydrogens is 236 g/mol. The standard InChI is InChI=1S/C16H28N2O/c1-5-18(11-12-19)13-16(2,3)15(17-4)14-9-7-6-8-10-14/h6-10,15,17,19H,5,11-13H2,1-4H3. The number of likely N-dealkylation sites (N-methyl/N-ethyl adjacent to an activating group) is 1. The fraction of sp³-hybridized carbons (Fsp3) is 0.625. The van der Waals surface area contributed by atoms with Crippen molar-refractivity contribution in [3.63, 3.8) is 0 Å². The molecule has 0 aliphatic carbocycles. The van der Waals surface area contributed by atoms with Gasteiger partial charge < -0.3 is 15.3 Å². The smallest absolute Gasteiger partial charge is 0.0558 e. The van der Waals surface area contributed by atoms with E-state index in [0.29, 0.717) is 6.04 Å². The molecule has 0 radical (unpaired) electrons. The Morgan fingerprint density at radius 2 is 1.89 bits per heavy atom. The van der Waals surface area contributed by atoms with Crippen molar-refractivity contribution < 1.29 is 5.11 Å². The predicted molar refractivity (Wildman–Crippen MR) is 81.2 cm³/mol. The highest BCUT2D eigenvalue weighted by molar-refractivity contribution is 5.21. The molecule has 1 unspecified atom stereocenters. The summed E-state index contributed by atoms with van der Waals surface area (Å²) >= 11 is 0. The number of benzene rings is 1. The number of nitrogens with zero attached hydrogens (tertiary/aromatic N) is 1. The van der Waals surface area contributed by atoms with Gasteiger partial charge in [-0.2, -0.15) is 0 Å². The second kappa shape index (κ2) is 7.63. The van der Waals surface area contributed by atoms with Crippen LogP contribution < -0.4 is 5.32 Å². The van der Waals surface area contributed by atoms with Gasteiger partial charge in [0, 0.05) is 19.1 Å². The van der Waals surface area contributed by atoms with Crippen LogP contribution in [0.5, 0.6) is 0 Å². The van der Waals surface area contributed by atoms with E-state index in [4.69, 9.17) is 5.11 Å². The van der Waals surface area contributed by atoms with Gasteiger partial charge in [-0.25, -0.2) is 0 Å². The summed E-state index contributed by atoms with van der Waals surface area (Å²) in [5.74, 6) is 0. The number of aliphatic hydroxyl groups is 1. The summed E-state index contributed by atoms with van der Waals surface area (Å²) in [4.78, 5) is 2.30. The van der Waals surface area contributed by atoms with Crippen molar-refractivity contribution in [3.8, 4) is 0 Å². The SMILES string of the molecule is CCN(CCO)CC(C)(C)C(NC)c1ccccc1. The lowest BCUT2D eigenvalue weighted by Crippen LogP contribution is -2.43. The van der Waals surface area contributed by atoms with Gasteiger partial charge >= 0.3 is 0 Å². The highest BCUT2D eigenvalue weighted by Crippen LogP contribution is 2.33. The molecule has 1 atom stereocenters. The van der Waals surface area contributed by atoms with Gasteiger partial charge in [0.25, 0.3) is 0 Å². The van der Waals surface area contributed by atoms with E-state index in [1.807, 2.05) is 13.1 Å². The van der Waals surface area contributed by atoms with E-state index in [1.54, 1.807) is 0 Å². The van der Waals surface area contributed by atoms with Crippen molar-refractivity contribution in [1.29, 1.82) is 0 Å². The molecule has 0 aromatic heterocycles. The largest absolute Gasteiger partial charge is 0.395 e. The molecule has 0 spiro atoms. The lowest BCUT2D eigenvalue weighted by molar-refractivity contribution is 0.122. The van der Waals surface area contributed by atoms with E-state index >= 15 is 0 Å². The molecular formula is C16H28N2O. The monoisotopic (exact) mass is 264 g/mol. The van der Waals surface area contributed by atoms with E-state index in [1.165, 1.54) is 5.56 Å². The normalized spacial score (nSPS) is 13.8. The molecule has 0 fully saturated rings.